The van der Waals surface area contributed by atoms with Crippen LogP contribution in [0.2, 0.25) is 5.02 Å². The number of amides is 1. The first-order valence-corrected chi connectivity index (χ1v) is 8.86. The number of rotatable bonds is 6. The summed E-state index contributed by atoms with van der Waals surface area (Å²) in [6.07, 6.45) is 2.97. The molecule has 0 spiro atoms. The summed E-state index contributed by atoms with van der Waals surface area (Å²) in [5.41, 5.74) is 1.31. The zero-order valence-corrected chi connectivity index (χ0v) is 15.2. The predicted molar refractivity (Wildman–Crippen MR) is 98.6 cm³/mol. The van der Waals surface area contributed by atoms with Crippen LogP contribution in [-0.4, -0.2) is 19.6 Å². The summed E-state index contributed by atoms with van der Waals surface area (Å²) in [6.45, 7) is 2.34. The number of carbonyl (C=O) groups excluding carboxylic acids is 1. The van der Waals surface area contributed by atoms with E-state index in [2.05, 4.69) is 17.4 Å². The van der Waals surface area contributed by atoms with Crippen molar-refractivity contribution < 1.29 is 14.3 Å². The van der Waals surface area contributed by atoms with Crippen LogP contribution >= 0.6 is 11.6 Å². The van der Waals surface area contributed by atoms with Crippen LogP contribution < -0.4 is 14.8 Å². The highest BCUT2D eigenvalue weighted by Gasteiger charge is 2.40. The van der Waals surface area contributed by atoms with E-state index in [1.165, 1.54) is 7.11 Å². The first kappa shape index (κ1) is 17.6. The molecule has 5 heteroatoms. The number of halogens is 1. The van der Waals surface area contributed by atoms with E-state index in [0.717, 1.165) is 24.8 Å². The van der Waals surface area contributed by atoms with Gasteiger partial charge in [0.15, 0.2) is 11.5 Å². The van der Waals surface area contributed by atoms with Crippen LogP contribution in [0.5, 0.6) is 11.5 Å². The molecule has 2 aromatic rings. The third-order valence-corrected chi connectivity index (χ3v) is 4.95. The topological polar surface area (TPSA) is 47.6 Å². The summed E-state index contributed by atoms with van der Waals surface area (Å²) in [5, 5.41) is 3.57. The lowest BCUT2D eigenvalue weighted by Crippen LogP contribution is -2.50. The summed E-state index contributed by atoms with van der Waals surface area (Å²) in [7, 11) is 1.53. The SMILES string of the molecule is CCOc1c(Cl)cc(C(=O)NC2(c3ccccc3)CCC2)cc1OC. The number of methoxy groups -OCH3 is 1. The van der Waals surface area contributed by atoms with Crippen LogP contribution in [0.1, 0.15) is 42.1 Å². The molecule has 132 valence electrons. The maximum absolute atomic E-state index is 12.8. The fourth-order valence-corrected chi connectivity index (χ4v) is 3.46. The molecule has 0 heterocycles. The Morgan fingerprint density at radius 2 is 1.96 bits per heavy atom. The van der Waals surface area contributed by atoms with Crippen molar-refractivity contribution in [1.29, 1.82) is 0 Å². The Morgan fingerprint density at radius 1 is 1.24 bits per heavy atom. The molecule has 1 amide bonds. The van der Waals surface area contributed by atoms with E-state index >= 15 is 0 Å². The second kappa shape index (κ2) is 7.36. The van der Waals surface area contributed by atoms with Crippen molar-refractivity contribution >= 4 is 17.5 Å². The lowest BCUT2D eigenvalue weighted by molar-refractivity contribution is 0.0823. The molecule has 1 aliphatic rings. The maximum Gasteiger partial charge on any atom is 0.252 e. The molecule has 1 fully saturated rings. The van der Waals surface area contributed by atoms with Gasteiger partial charge in [-0.25, -0.2) is 0 Å². The smallest absolute Gasteiger partial charge is 0.252 e. The van der Waals surface area contributed by atoms with Crippen LogP contribution in [0.15, 0.2) is 42.5 Å². The van der Waals surface area contributed by atoms with Crippen molar-refractivity contribution in [3.63, 3.8) is 0 Å². The van der Waals surface area contributed by atoms with Crippen LogP contribution in [0, 0.1) is 0 Å². The zero-order chi connectivity index (χ0) is 17.9. The van der Waals surface area contributed by atoms with Gasteiger partial charge in [-0.05, 0) is 43.9 Å². The quantitative estimate of drug-likeness (QED) is 0.822. The number of hydrogen-bond donors (Lipinski definition) is 1. The zero-order valence-electron chi connectivity index (χ0n) is 14.5. The lowest BCUT2D eigenvalue weighted by Gasteiger charge is -2.43. The van der Waals surface area contributed by atoms with Gasteiger partial charge in [-0.15, -0.1) is 0 Å². The Balaban J connectivity index is 1.87. The summed E-state index contributed by atoms with van der Waals surface area (Å²) in [6, 6.07) is 13.4. The predicted octanol–water partition coefficient (Wildman–Crippen LogP) is 4.56. The summed E-state index contributed by atoms with van der Waals surface area (Å²) >= 11 is 6.29. The molecule has 0 bridgehead atoms. The molecule has 0 aliphatic heterocycles. The highest BCUT2D eigenvalue weighted by Crippen LogP contribution is 2.42. The van der Waals surface area contributed by atoms with E-state index in [1.54, 1.807) is 12.1 Å². The van der Waals surface area contributed by atoms with Crippen LogP contribution in [-0.2, 0) is 5.54 Å². The minimum atomic E-state index is -0.295. The second-order valence-corrected chi connectivity index (χ2v) is 6.59. The van der Waals surface area contributed by atoms with Gasteiger partial charge in [0.05, 0.1) is 24.3 Å². The Hall–Kier alpha value is -2.20. The normalized spacial score (nSPS) is 15.2. The van der Waals surface area contributed by atoms with Gasteiger partial charge >= 0.3 is 0 Å². The number of hydrogen-bond acceptors (Lipinski definition) is 3. The monoisotopic (exact) mass is 359 g/mol. The average Bonchev–Trinajstić information content (AvgIpc) is 2.60. The molecular weight excluding hydrogens is 338 g/mol. The molecule has 25 heavy (non-hydrogen) atoms. The molecule has 0 aromatic heterocycles. The van der Waals surface area contributed by atoms with Gasteiger partial charge in [0.2, 0.25) is 0 Å². The summed E-state index contributed by atoms with van der Waals surface area (Å²) in [5.74, 6) is 0.762. The molecule has 2 aromatic carbocycles. The van der Waals surface area contributed by atoms with Crippen LogP contribution in [0.4, 0.5) is 0 Å². The van der Waals surface area contributed by atoms with Crippen LogP contribution in [0.3, 0.4) is 0 Å². The highest BCUT2D eigenvalue weighted by molar-refractivity contribution is 6.32. The molecule has 0 unspecified atom stereocenters. The fraction of sp³-hybridized carbons (Fsp3) is 0.350. The van der Waals surface area contributed by atoms with Crippen molar-refractivity contribution in [2.24, 2.45) is 0 Å². The number of benzene rings is 2. The molecule has 4 nitrogen and oxygen atoms in total. The molecule has 3 rings (SSSR count). The van der Waals surface area contributed by atoms with Crippen molar-refractivity contribution in [3.8, 4) is 11.5 Å². The van der Waals surface area contributed by atoms with Gasteiger partial charge in [0.1, 0.15) is 0 Å². The minimum Gasteiger partial charge on any atom is -0.493 e. The van der Waals surface area contributed by atoms with Crippen LogP contribution in [0.25, 0.3) is 0 Å². The van der Waals surface area contributed by atoms with E-state index in [1.807, 2.05) is 25.1 Å². The average molecular weight is 360 g/mol. The number of carbonyl (C=O) groups is 1. The Kier molecular flexibility index (Phi) is 5.19. The molecule has 1 aliphatic carbocycles. The number of ether oxygens (including phenoxy) is 2. The van der Waals surface area contributed by atoms with E-state index in [4.69, 9.17) is 21.1 Å². The third kappa shape index (κ3) is 3.45. The number of nitrogens with one attached hydrogen (secondary N) is 1. The molecule has 1 N–H and O–H groups in total. The highest BCUT2D eigenvalue weighted by atomic mass is 35.5. The molecule has 0 atom stereocenters. The molecule has 0 radical (unpaired) electrons. The van der Waals surface area contributed by atoms with E-state index < -0.39 is 0 Å². The van der Waals surface area contributed by atoms with Crippen molar-refractivity contribution in [2.75, 3.05) is 13.7 Å². The lowest BCUT2D eigenvalue weighted by atomic mass is 9.71. The second-order valence-electron chi connectivity index (χ2n) is 6.18. The molecule has 0 saturated heterocycles. The summed E-state index contributed by atoms with van der Waals surface area (Å²) < 4.78 is 10.8. The first-order chi connectivity index (χ1) is 12.1. The van der Waals surface area contributed by atoms with Gasteiger partial charge in [-0.3, -0.25) is 4.79 Å². The van der Waals surface area contributed by atoms with Gasteiger partial charge in [-0.2, -0.15) is 0 Å². The molecule has 1 saturated carbocycles. The van der Waals surface area contributed by atoms with E-state index in [-0.39, 0.29) is 11.4 Å². The largest absolute Gasteiger partial charge is 0.493 e. The standard InChI is InChI=1S/C20H22ClNO3/c1-3-25-18-16(21)12-14(13-17(18)24-2)19(23)22-20(10-7-11-20)15-8-5-4-6-9-15/h4-6,8-9,12-13H,3,7,10-11H2,1-2H3,(H,22,23). The Morgan fingerprint density at radius 3 is 2.52 bits per heavy atom. The van der Waals surface area contributed by atoms with Gasteiger partial charge in [0, 0.05) is 5.56 Å². The Bertz CT molecular complexity index is 757. The van der Waals surface area contributed by atoms with E-state index in [9.17, 15) is 4.79 Å². The maximum atomic E-state index is 12.8. The van der Waals surface area contributed by atoms with Gasteiger partial charge in [-0.1, -0.05) is 41.9 Å². The van der Waals surface area contributed by atoms with Crippen molar-refractivity contribution in [3.05, 3.63) is 58.6 Å². The summed E-state index contributed by atoms with van der Waals surface area (Å²) in [4.78, 5) is 12.8. The first-order valence-electron chi connectivity index (χ1n) is 8.48. The van der Waals surface area contributed by atoms with Crippen molar-refractivity contribution in [1.82, 2.24) is 5.32 Å². The molecular formula is C20H22ClNO3. The van der Waals surface area contributed by atoms with Crippen molar-refractivity contribution in [2.45, 2.75) is 31.7 Å². The fourth-order valence-electron chi connectivity index (χ4n) is 3.20. The van der Waals surface area contributed by atoms with Gasteiger partial charge in [0.25, 0.3) is 5.91 Å². The van der Waals surface area contributed by atoms with Gasteiger partial charge < -0.3 is 14.8 Å². The Labute approximate surface area is 153 Å². The minimum absolute atomic E-state index is 0.160. The van der Waals surface area contributed by atoms with E-state index in [0.29, 0.717) is 28.7 Å². The third-order valence-electron chi connectivity index (χ3n) is 4.67.